The van der Waals surface area contributed by atoms with Crippen molar-refractivity contribution in [3.05, 3.63) is 29.8 Å². The predicted octanol–water partition coefficient (Wildman–Crippen LogP) is 0.561. The van der Waals surface area contributed by atoms with Crippen molar-refractivity contribution in [1.82, 2.24) is 0 Å². The van der Waals surface area contributed by atoms with Gasteiger partial charge in [-0.1, -0.05) is 12.1 Å². The minimum absolute atomic E-state index is 0.720. The van der Waals surface area contributed by atoms with Crippen LogP contribution in [-0.4, -0.2) is 6.21 Å². The number of benzene rings is 1. The van der Waals surface area contributed by atoms with Crippen LogP contribution in [0.25, 0.3) is 0 Å². The molecule has 0 aliphatic heterocycles. The molecule has 0 atom stereocenters. The standard InChI is InChI=1S/C7H9N3/c8-7-3-1-2-6(4-7)5-10-9/h1-5H,8-9H2/b10-5-. The molecule has 0 aliphatic rings. The lowest BCUT2D eigenvalue weighted by atomic mass is 10.2. The fraction of sp³-hybridized carbons (Fsp3) is 0. The second kappa shape index (κ2) is 2.87. The third kappa shape index (κ3) is 1.48. The molecule has 0 aliphatic carbocycles. The molecule has 52 valence electrons. The van der Waals surface area contributed by atoms with Gasteiger partial charge in [-0.25, -0.2) is 0 Å². The van der Waals surface area contributed by atoms with Crippen LogP contribution in [0.3, 0.4) is 0 Å². The average molecular weight is 135 g/mol. The van der Waals surface area contributed by atoms with Crippen LogP contribution < -0.4 is 11.6 Å². The summed E-state index contributed by atoms with van der Waals surface area (Å²) in [7, 11) is 0. The van der Waals surface area contributed by atoms with Crippen molar-refractivity contribution in [1.29, 1.82) is 0 Å². The van der Waals surface area contributed by atoms with Crippen molar-refractivity contribution >= 4 is 11.9 Å². The minimum Gasteiger partial charge on any atom is -0.399 e. The maximum Gasteiger partial charge on any atom is 0.0538 e. The molecule has 0 saturated heterocycles. The Labute approximate surface area is 59.3 Å². The van der Waals surface area contributed by atoms with E-state index in [1.165, 1.54) is 0 Å². The van der Waals surface area contributed by atoms with E-state index in [2.05, 4.69) is 5.10 Å². The van der Waals surface area contributed by atoms with Crippen molar-refractivity contribution in [3.63, 3.8) is 0 Å². The monoisotopic (exact) mass is 135 g/mol. The Kier molecular flexibility index (Phi) is 1.89. The summed E-state index contributed by atoms with van der Waals surface area (Å²) in [5.41, 5.74) is 7.13. The molecule has 1 rings (SSSR count). The first-order chi connectivity index (χ1) is 4.83. The Morgan fingerprint density at radius 2 is 2.20 bits per heavy atom. The molecule has 0 saturated carbocycles. The first-order valence-electron chi connectivity index (χ1n) is 2.92. The number of nitrogens with two attached hydrogens (primary N) is 2. The molecule has 3 nitrogen and oxygen atoms in total. The van der Waals surface area contributed by atoms with E-state index in [1.807, 2.05) is 18.2 Å². The zero-order valence-electron chi connectivity index (χ0n) is 5.49. The van der Waals surface area contributed by atoms with E-state index in [9.17, 15) is 0 Å². The van der Waals surface area contributed by atoms with E-state index in [0.29, 0.717) is 0 Å². The van der Waals surface area contributed by atoms with Gasteiger partial charge < -0.3 is 11.6 Å². The van der Waals surface area contributed by atoms with Crippen molar-refractivity contribution in [2.45, 2.75) is 0 Å². The van der Waals surface area contributed by atoms with Gasteiger partial charge in [-0.15, -0.1) is 0 Å². The van der Waals surface area contributed by atoms with Gasteiger partial charge in [-0.3, -0.25) is 0 Å². The highest BCUT2D eigenvalue weighted by Gasteiger charge is 1.86. The van der Waals surface area contributed by atoms with Crippen LogP contribution in [0.15, 0.2) is 29.4 Å². The zero-order chi connectivity index (χ0) is 7.40. The number of nitrogen functional groups attached to an aromatic ring is 1. The number of nitrogens with zero attached hydrogens (tertiary/aromatic N) is 1. The lowest BCUT2D eigenvalue weighted by Crippen LogP contribution is -1.89. The van der Waals surface area contributed by atoms with Crippen LogP contribution in [0.1, 0.15) is 5.56 Å². The van der Waals surface area contributed by atoms with Crippen LogP contribution in [0.4, 0.5) is 5.69 Å². The van der Waals surface area contributed by atoms with Gasteiger partial charge in [-0.2, -0.15) is 5.10 Å². The van der Waals surface area contributed by atoms with Gasteiger partial charge in [0.25, 0.3) is 0 Å². The van der Waals surface area contributed by atoms with Crippen LogP contribution in [-0.2, 0) is 0 Å². The fourth-order valence-corrected chi connectivity index (χ4v) is 0.725. The Balaban J connectivity index is 2.95. The Hall–Kier alpha value is -1.51. The Morgan fingerprint density at radius 1 is 1.40 bits per heavy atom. The highest BCUT2D eigenvalue weighted by Crippen LogP contribution is 2.03. The van der Waals surface area contributed by atoms with Gasteiger partial charge in [0.05, 0.1) is 6.21 Å². The maximum absolute atomic E-state index is 5.49. The first kappa shape index (κ1) is 6.61. The molecule has 0 aromatic heterocycles. The third-order valence-corrected chi connectivity index (χ3v) is 1.13. The summed E-state index contributed by atoms with van der Waals surface area (Å²) in [5, 5.41) is 3.37. The fourth-order valence-electron chi connectivity index (χ4n) is 0.725. The minimum atomic E-state index is 0.720. The quantitative estimate of drug-likeness (QED) is 0.256. The molecule has 10 heavy (non-hydrogen) atoms. The summed E-state index contributed by atoms with van der Waals surface area (Å²) in [6, 6.07) is 7.35. The lowest BCUT2D eigenvalue weighted by Gasteiger charge is -1.92. The van der Waals surface area contributed by atoms with Gasteiger partial charge in [0.15, 0.2) is 0 Å². The second-order valence-electron chi connectivity index (χ2n) is 1.95. The highest BCUT2D eigenvalue weighted by atomic mass is 15.1. The van der Waals surface area contributed by atoms with Crippen molar-refractivity contribution in [3.8, 4) is 0 Å². The van der Waals surface area contributed by atoms with Crippen molar-refractivity contribution < 1.29 is 0 Å². The second-order valence-corrected chi connectivity index (χ2v) is 1.95. The van der Waals surface area contributed by atoms with E-state index in [1.54, 1.807) is 12.3 Å². The van der Waals surface area contributed by atoms with Gasteiger partial charge in [0.2, 0.25) is 0 Å². The summed E-state index contributed by atoms with van der Waals surface area (Å²) in [6.07, 6.45) is 1.55. The molecule has 0 bridgehead atoms. The van der Waals surface area contributed by atoms with Gasteiger partial charge in [0.1, 0.15) is 0 Å². The summed E-state index contributed by atoms with van der Waals surface area (Å²) in [4.78, 5) is 0. The number of hydrogen-bond donors (Lipinski definition) is 2. The molecule has 0 heterocycles. The van der Waals surface area contributed by atoms with Gasteiger partial charge in [0, 0.05) is 5.69 Å². The van der Waals surface area contributed by atoms with Crippen molar-refractivity contribution in [2.24, 2.45) is 10.9 Å². The van der Waals surface area contributed by atoms with Crippen LogP contribution in [0, 0.1) is 0 Å². The van der Waals surface area contributed by atoms with E-state index < -0.39 is 0 Å². The Morgan fingerprint density at radius 3 is 2.80 bits per heavy atom. The summed E-state index contributed by atoms with van der Waals surface area (Å²) < 4.78 is 0. The Bertz CT molecular complexity index is 242. The molecule has 1 aromatic rings. The molecule has 0 spiro atoms. The molecule has 0 unspecified atom stereocenters. The highest BCUT2D eigenvalue weighted by molar-refractivity contribution is 5.80. The van der Waals surface area contributed by atoms with E-state index in [0.717, 1.165) is 11.3 Å². The third-order valence-electron chi connectivity index (χ3n) is 1.13. The molecule has 3 heteroatoms. The smallest absolute Gasteiger partial charge is 0.0538 e. The van der Waals surface area contributed by atoms with E-state index >= 15 is 0 Å². The van der Waals surface area contributed by atoms with Crippen LogP contribution >= 0.6 is 0 Å². The SMILES string of the molecule is N/N=C\c1cccc(N)c1. The number of rotatable bonds is 1. The molecule has 0 fully saturated rings. The summed E-state index contributed by atoms with van der Waals surface area (Å²) in [5.74, 6) is 4.94. The lowest BCUT2D eigenvalue weighted by molar-refractivity contribution is 1.26. The predicted molar refractivity (Wildman–Crippen MR) is 42.6 cm³/mol. The van der Waals surface area contributed by atoms with E-state index in [4.69, 9.17) is 11.6 Å². The average Bonchev–Trinajstić information content (AvgIpc) is 1.88. The number of hydrogen-bond acceptors (Lipinski definition) is 3. The molecule has 1 aromatic carbocycles. The largest absolute Gasteiger partial charge is 0.399 e. The molecule has 4 N–H and O–H groups in total. The number of hydrazone groups is 1. The zero-order valence-corrected chi connectivity index (χ0v) is 5.49. The molecular weight excluding hydrogens is 126 g/mol. The normalized spacial score (nSPS) is 10.4. The summed E-state index contributed by atoms with van der Waals surface area (Å²) in [6.45, 7) is 0. The van der Waals surface area contributed by atoms with Gasteiger partial charge in [-0.05, 0) is 17.7 Å². The molecule has 0 amide bonds. The first-order valence-corrected chi connectivity index (χ1v) is 2.92. The molecular formula is C7H9N3. The summed E-state index contributed by atoms with van der Waals surface area (Å²) >= 11 is 0. The maximum atomic E-state index is 5.49. The number of anilines is 1. The topological polar surface area (TPSA) is 64.4 Å². The molecule has 0 radical (unpaired) electrons. The van der Waals surface area contributed by atoms with Gasteiger partial charge >= 0.3 is 0 Å². The van der Waals surface area contributed by atoms with Crippen LogP contribution in [0.5, 0.6) is 0 Å². The van der Waals surface area contributed by atoms with E-state index in [-0.39, 0.29) is 0 Å². The van der Waals surface area contributed by atoms with Crippen molar-refractivity contribution in [2.75, 3.05) is 5.73 Å². The van der Waals surface area contributed by atoms with Crippen LogP contribution in [0.2, 0.25) is 0 Å².